The Labute approximate surface area is 103 Å². The fraction of sp³-hybridized carbons (Fsp3) is 0.286. The molecule has 0 bridgehead atoms. The van der Waals surface area contributed by atoms with E-state index in [1.807, 2.05) is 18.2 Å². The molecule has 3 heteroatoms. The highest BCUT2D eigenvalue weighted by molar-refractivity contribution is 5.56. The van der Waals surface area contributed by atoms with Crippen molar-refractivity contribution >= 4 is 11.4 Å². The van der Waals surface area contributed by atoms with Crippen LogP contribution in [0.15, 0.2) is 43.3 Å². The van der Waals surface area contributed by atoms with Gasteiger partial charge in [-0.2, -0.15) is 0 Å². The zero-order chi connectivity index (χ0) is 12.8. The van der Waals surface area contributed by atoms with Crippen molar-refractivity contribution in [1.29, 1.82) is 0 Å². The minimum Gasteiger partial charge on any atom is -0.399 e. The molecule has 1 rings (SSSR count). The Morgan fingerprint density at radius 3 is 2.82 bits per heavy atom. The highest BCUT2D eigenvalue weighted by atomic mass is 14.8. The maximum Gasteiger partial charge on any atom is 0.0350 e. The van der Waals surface area contributed by atoms with Crippen molar-refractivity contribution < 1.29 is 0 Å². The number of nitrogens with two attached hydrogens (primary N) is 2. The normalized spacial score (nSPS) is 11.8. The van der Waals surface area contributed by atoms with Gasteiger partial charge in [-0.1, -0.05) is 20.1 Å². The van der Waals surface area contributed by atoms with Gasteiger partial charge < -0.3 is 16.8 Å². The molecule has 0 aromatic heterocycles. The Hall–Kier alpha value is -1.90. The first-order chi connectivity index (χ1) is 8.04. The summed E-state index contributed by atoms with van der Waals surface area (Å²) in [5.74, 6) is 0.363. The zero-order valence-electron chi connectivity index (χ0n) is 10.4. The minimum atomic E-state index is 0.363. The van der Waals surface area contributed by atoms with E-state index in [4.69, 9.17) is 11.5 Å². The molecule has 3 nitrogen and oxygen atoms in total. The van der Waals surface area contributed by atoms with Gasteiger partial charge in [0.05, 0.1) is 0 Å². The van der Waals surface area contributed by atoms with Crippen LogP contribution in [0.5, 0.6) is 0 Å². The van der Waals surface area contributed by atoms with Gasteiger partial charge in [0.2, 0.25) is 0 Å². The second-order valence-corrected chi connectivity index (χ2v) is 4.28. The lowest BCUT2D eigenvalue weighted by molar-refractivity contribution is 0.664. The van der Waals surface area contributed by atoms with Crippen LogP contribution < -0.4 is 16.8 Å². The third kappa shape index (κ3) is 3.87. The predicted molar refractivity (Wildman–Crippen MR) is 75.4 cm³/mol. The number of nitrogen functional groups attached to an aromatic ring is 2. The van der Waals surface area contributed by atoms with Crippen LogP contribution in [0.2, 0.25) is 0 Å². The summed E-state index contributed by atoms with van der Waals surface area (Å²) in [4.78, 5) is 0. The standard InChI is InChI=1S/C14H21N3/c1-4-17-11(3)6-5-10(2)13-9-12(15)7-8-14(13)16/h4,7-10,17H,1,3,5-6,15-16H2,2H3. The average Bonchev–Trinajstić information content (AvgIpc) is 2.29. The van der Waals surface area contributed by atoms with E-state index in [1.165, 1.54) is 0 Å². The molecule has 92 valence electrons. The fourth-order valence-electron chi connectivity index (χ4n) is 1.78. The molecule has 5 N–H and O–H groups in total. The molecule has 0 amide bonds. The number of nitrogens with one attached hydrogen (secondary N) is 1. The topological polar surface area (TPSA) is 64.1 Å². The third-order valence-electron chi connectivity index (χ3n) is 2.83. The van der Waals surface area contributed by atoms with Gasteiger partial charge in [0.15, 0.2) is 0 Å². The van der Waals surface area contributed by atoms with Gasteiger partial charge in [0, 0.05) is 17.1 Å². The number of hydrogen-bond donors (Lipinski definition) is 3. The zero-order valence-corrected chi connectivity index (χ0v) is 10.4. The van der Waals surface area contributed by atoms with E-state index in [9.17, 15) is 0 Å². The molecule has 0 aliphatic rings. The van der Waals surface area contributed by atoms with Crippen LogP contribution in [0, 0.1) is 0 Å². The summed E-state index contributed by atoms with van der Waals surface area (Å²) in [7, 11) is 0. The van der Waals surface area contributed by atoms with Crippen molar-refractivity contribution in [2.45, 2.75) is 25.7 Å². The lowest BCUT2D eigenvalue weighted by Gasteiger charge is -2.15. The van der Waals surface area contributed by atoms with Gasteiger partial charge in [-0.05, 0) is 48.7 Å². The van der Waals surface area contributed by atoms with Crippen molar-refractivity contribution in [2.24, 2.45) is 0 Å². The third-order valence-corrected chi connectivity index (χ3v) is 2.83. The molecule has 1 aromatic rings. The van der Waals surface area contributed by atoms with Gasteiger partial charge in [0.1, 0.15) is 0 Å². The summed E-state index contributed by atoms with van der Waals surface area (Å²) < 4.78 is 0. The lowest BCUT2D eigenvalue weighted by Crippen LogP contribution is -2.06. The van der Waals surface area contributed by atoms with Crippen LogP contribution in [-0.4, -0.2) is 0 Å². The van der Waals surface area contributed by atoms with Gasteiger partial charge in [-0.25, -0.2) is 0 Å². The van der Waals surface area contributed by atoms with Crippen LogP contribution in [0.1, 0.15) is 31.2 Å². The maximum absolute atomic E-state index is 5.95. The van der Waals surface area contributed by atoms with Crippen LogP contribution in [0.4, 0.5) is 11.4 Å². The monoisotopic (exact) mass is 231 g/mol. The fourth-order valence-corrected chi connectivity index (χ4v) is 1.78. The Bertz CT molecular complexity index is 410. The van der Waals surface area contributed by atoms with Crippen LogP contribution in [0.25, 0.3) is 0 Å². The molecule has 17 heavy (non-hydrogen) atoms. The summed E-state index contributed by atoms with van der Waals surface area (Å²) in [5, 5.41) is 2.99. The molecule has 0 saturated heterocycles. The first-order valence-corrected chi connectivity index (χ1v) is 5.74. The number of allylic oxidation sites excluding steroid dienone is 1. The van der Waals surface area contributed by atoms with Crippen LogP contribution in [-0.2, 0) is 0 Å². The van der Waals surface area contributed by atoms with Crippen molar-refractivity contribution in [3.63, 3.8) is 0 Å². The molecule has 1 aromatic carbocycles. The Morgan fingerprint density at radius 1 is 1.47 bits per heavy atom. The highest BCUT2D eigenvalue weighted by Gasteiger charge is 2.09. The molecule has 0 heterocycles. The number of benzene rings is 1. The highest BCUT2D eigenvalue weighted by Crippen LogP contribution is 2.28. The van der Waals surface area contributed by atoms with Crippen molar-refractivity contribution in [3.05, 3.63) is 48.8 Å². The lowest BCUT2D eigenvalue weighted by atomic mass is 9.94. The Balaban J connectivity index is 2.63. The van der Waals surface area contributed by atoms with Crippen molar-refractivity contribution in [3.8, 4) is 0 Å². The summed E-state index contributed by atoms with van der Waals surface area (Å²) in [6, 6.07) is 5.63. The number of anilines is 2. The van der Waals surface area contributed by atoms with E-state index in [0.29, 0.717) is 5.92 Å². The Morgan fingerprint density at radius 2 is 2.18 bits per heavy atom. The van der Waals surface area contributed by atoms with Crippen LogP contribution in [0.3, 0.4) is 0 Å². The van der Waals surface area contributed by atoms with E-state index in [0.717, 1.165) is 35.5 Å². The summed E-state index contributed by atoms with van der Waals surface area (Å²) in [5.41, 5.74) is 15.3. The molecule has 0 aliphatic heterocycles. The van der Waals surface area contributed by atoms with Gasteiger partial charge in [-0.3, -0.25) is 0 Å². The molecule has 1 unspecified atom stereocenters. The van der Waals surface area contributed by atoms with E-state index in [1.54, 1.807) is 6.20 Å². The quantitative estimate of drug-likeness (QED) is 0.659. The largest absolute Gasteiger partial charge is 0.399 e. The summed E-state index contributed by atoms with van der Waals surface area (Å²) >= 11 is 0. The van der Waals surface area contributed by atoms with Gasteiger partial charge in [-0.15, -0.1) is 0 Å². The maximum atomic E-state index is 5.95. The molecule has 1 atom stereocenters. The van der Waals surface area contributed by atoms with E-state index < -0.39 is 0 Å². The summed E-state index contributed by atoms with van der Waals surface area (Å²) in [6.45, 7) is 9.66. The second kappa shape index (κ2) is 5.99. The van der Waals surface area contributed by atoms with E-state index >= 15 is 0 Å². The predicted octanol–water partition coefficient (Wildman–Crippen LogP) is 2.98. The number of hydrogen-bond acceptors (Lipinski definition) is 3. The van der Waals surface area contributed by atoms with Crippen LogP contribution >= 0.6 is 0 Å². The van der Waals surface area contributed by atoms with Gasteiger partial charge in [0.25, 0.3) is 0 Å². The molecular weight excluding hydrogens is 210 g/mol. The van der Waals surface area contributed by atoms with Crippen molar-refractivity contribution in [2.75, 3.05) is 11.5 Å². The molecule has 0 spiro atoms. The minimum absolute atomic E-state index is 0.363. The van der Waals surface area contributed by atoms with E-state index in [2.05, 4.69) is 25.4 Å². The molecular formula is C14H21N3. The second-order valence-electron chi connectivity index (χ2n) is 4.28. The smallest absolute Gasteiger partial charge is 0.0350 e. The van der Waals surface area contributed by atoms with E-state index in [-0.39, 0.29) is 0 Å². The summed E-state index contributed by atoms with van der Waals surface area (Å²) in [6.07, 6.45) is 3.51. The van der Waals surface area contributed by atoms with Gasteiger partial charge >= 0.3 is 0 Å². The first-order valence-electron chi connectivity index (χ1n) is 5.74. The Kier molecular flexibility index (Phi) is 4.64. The SMILES string of the molecule is C=CNC(=C)CCC(C)c1cc(N)ccc1N. The molecule has 0 aliphatic carbocycles. The number of rotatable bonds is 6. The molecule has 0 fully saturated rings. The first kappa shape index (κ1) is 13.2. The van der Waals surface area contributed by atoms with Crippen molar-refractivity contribution in [1.82, 2.24) is 5.32 Å². The average molecular weight is 231 g/mol. The molecule has 0 radical (unpaired) electrons. The molecule has 0 saturated carbocycles.